The van der Waals surface area contributed by atoms with E-state index in [4.69, 9.17) is 11.6 Å². The summed E-state index contributed by atoms with van der Waals surface area (Å²) < 4.78 is 27.7. The quantitative estimate of drug-likeness (QED) is 0.462. The van der Waals surface area contributed by atoms with Gasteiger partial charge in [-0.15, -0.1) is 0 Å². The molecule has 1 aliphatic rings. The molecule has 33 heavy (non-hydrogen) atoms. The lowest BCUT2D eigenvalue weighted by molar-refractivity contribution is 0.102. The monoisotopic (exact) mass is 479 g/mol. The number of nitrogens with one attached hydrogen (secondary N) is 2. The van der Waals surface area contributed by atoms with Crippen LogP contribution in [0, 0.1) is 0 Å². The zero-order valence-electron chi connectivity index (χ0n) is 17.2. The normalized spacial score (nSPS) is 15.0. The first-order chi connectivity index (χ1) is 15.9. The molecule has 2 N–H and O–H groups in total. The molecule has 1 amide bonds. The second kappa shape index (κ2) is 8.43. The van der Waals surface area contributed by atoms with Crippen molar-refractivity contribution < 1.29 is 13.2 Å². The molecule has 1 aromatic heterocycles. The Labute approximate surface area is 195 Å². The molecule has 0 saturated carbocycles. The van der Waals surface area contributed by atoms with Gasteiger partial charge in [0.15, 0.2) is 0 Å². The van der Waals surface area contributed by atoms with Crippen molar-refractivity contribution in [1.82, 2.24) is 14.7 Å². The van der Waals surface area contributed by atoms with E-state index in [1.54, 1.807) is 48.7 Å². The average molecular weight is 480 g/mol. The van der Waals surface area contributed by atoms with Gasteiger partial charge < -0.3 is 5.32 Å². The first kappa shape index (κ1) is 21.3. The van der Waals surface area contributed by atoms with Gasteiger partial charge in [-0.1, -0.05) is 23.7 Å². The fraction of sp³-hybridized carbons (Fsp3) is 0.0870. The third-order valence-corrected chi connectivity index (χ3v) is 7.13. The molecule has 0 unspecified atom stereocenters. The van der Waals surface area contributed by atoms with E-state index in [0.29, 0.717) is 46.3 Å². The Morgan fingerprint density at radius 2 is 1.79 bits per heavy atom. The molecule has 166 valence electrons. The number of halogens is 1. The number of anilines is 2. The van der Waals surface area contributed by atoms with Crippen molar-refractivity contribution in [1.29, 1.82) is 0 Å². The standard InChI is InChI=1S/C23H18ClN5O3S/c24-19-10-7-16(13-18(19)22-14-25-20-3-1-2-4-21(20)28-22)27-23(30)15-5-8-17(9-6-15)29-12-11-26-33(29,31)32/h1-10,13-14,26H,11-12H2,(H,27,30). The van der Waals surface area contributed by atoms with E-state index in [1.807, 2.05) is 24.3 Å². The van der Waals surface area contributed by atoms with Gasteiger partial charge in [-0.05, 0) is 54.6 Å². The van der Waals surface area contributed by atoms with Gasteiger partial charge in [-0.2, -0.15) is 13.1 Å². The van der Waals surface area contributed by atoms with Crippen LogP contribution in [-0.4, -0.2) is 37.4 Å². The van der Waals surface area contributed by atoms with Crippen molar-refractivity contribution in [2.45, 2.75) is 0 Å². The third kappa shape index (κ3) is 4.25. The minimum atomic E-state index is -3.51. The molecule has 2 heterocycles. The Kier molecular flexibility index (Phi) is 5.45. The van der Waals surface area contributed by atoms with E-state index in [0.717, 1.165) is 11.0 Å². The van der Waals surface area contributed by atoms with Crippen LogP contribution in [0.5, 0.6) is 0 Å². The van der Waals surface area contributed by atoms with Gasteiger partial charge in [0.2, 0.25) is 0 Å². The van der Waals surface area contributed by atoms with Crippen LogP contribution in [0.3, 0.4) is 0 Å². The van der Waals surface area contributed by atoms with E-state index in [-0.39, 0.29) is 5.91 Å². The van der Waals surface area contributed by atoms with Gasteiger partial charge in [0.05, 0.1) is 33.6 Å². The van der Waals surface area contributed by atoms with Gasteiger partial charge >= 0.3 is 10.2 Å². The molecule has 0 radical (unpaired) electrons. The lowest BCUT2D eigenvalue weighted by Crippen LogP contribution is -2.29. The molecule has 0 atom stereocenters. The number of amides is 1. The summed E-state index contributed by atoms with van der Waals surface area (Å²) in [6.45, 7) is 0.699. The molecule has 5 rings (SSSR count). The van der Waals surface area contributed by atoms with Crippen molar-refractivity contribution in [2.24, 2.45) is 0 Å². The predicted octanol–water partition coefficient (Wildman–Crippen LogP) is 3.86. The summed E-state index contributed by atoms with van der Waals surface area (Å²) in [7, 11) is -3.51. The van der Waals surface area contributed by atoms with Gasteiger partial charge in [0.25, 0.3) is 5.91 Å². The van der Waals surface area contributed by atoms with Crippen LogP contribution in [0.4, 0.5) is 11.4 Å². The Hall–Kier alpha value is -3.53. The summed E-state index contributed by atoms with van der Waals surface area (Å²) in [6.07, 6.45) is 1.65. The minimum absolute atomic E-state index is 0.332. The molecular formula is C23H18ClN5O3S. The molecule has 0 spiro atoms. The minimum Gasteiger partial charge on any atom is -0.322 e. The van der Waals surface area contributed by atoms with Crippen LogP contribution in [0.1, 0.15) is 10.4 Å². The second-order valence-corrected chi connectivity index (χ2v) is 9.50. The second-order valence-electron chi connectivity index (χ2n) is 7.41. The first-order valence-electron chi connectivity index (χ1n) is 10.1. The molecule has 1 aliphatic heterocycles. The Morgan fingerprint density at radius 3 is 2.52 bits per heavy atom. The summed E-state index contributed by atoms with van der Waals surface area (Å²) in [5.41, 5.74) is 4.21. The smallest absolute Gasteiger partial charge is 0.301 e. The van der Waals surface area contributed by atoms with Crippen LogP contribution in [0.2, 0.25) is 5.02 Å². The first-order valence-corrected chi connectivity index (χ1v) is 11.9. The maximum absolute atomic E-state index is 12.8. The molecule has 0 bridgehead atoms. The zero-order chi connectivity index (χ0) is 23.0. The van der Waals surface area contributed by atoms with Gasteiger partial charge in [0.1, 0.15) is 0 Å². The highest BCUT2D eigenvalue weighted by Crippen LogP contribution is 2.30. The molecule has 1 fully saturated rings. The molecule has 10 heteroatoms. The van der Waals surface area contributed by atoms with Crippen molar-refractivity contribution in [3.63, 3.8) is 0 Å². The maximum atomic E-state index is 12.8. The summed E-state index contributed by atoms with van der Waals surface area (Å²) in [6, 6.07) is 19.1. The molecule has 1 saturated heterocycles. The van der Waals surface area contributed by atoms with Gasteiger partial charge in [0, 0.05) is 29.9 Å². The fourth-order valence-corrected chi connectivity index (χ4v) is 5.06. The van der Waals surface area contributed by atoms with Crippen LogP contribution < -0.4 is 14.3 Å². The number of para-hydroxylation sites is 2. The fourth-order valence-electron chi connectivity index (χ4n) is 3.61. The number of hydrogen-bond donors (Lipinski definition) is 2. The maximum Gasteiger partial charge on any atom is 0.301 e. The average Bonchev–Trinajstić information content (AvgIpc) is 3.19. The largest absolute Gasteiger partial charge is 0.322 e. The van der Waals surface area contributed by atoms with Crippen molar-refractivity contribution >= 4 is 50.1 Å². The number of rotatable bonds is 4. The van der Waals surface area contributed by atoms with E-state index in [9.17, 15) is 13.2 Å². The summed E-state index contributed by atoms with van der Waals surface area (Å²) in [4.78, 5) is 21.8. The highest BCUT2D eigenvalue weighted by atomic mass is 35.5. The molecule has 8 nitrogen and oxygen atoms in total. The number of hydrogen-bond acceptors (Lipinski definition) is 5. The molecule has 0 aliphatic carbocycles. The predicted molar refractivity (Wildman–Crippen MR) is 129 cm³/mol. The topological polar surface area (TPSA) is 104 Å². The zero-order valence-corrected chi connectivity index (χ0v) is 18.8. The SMILES string of the molecule is O=C(Nc1ccc(Cl)c(-c2cnc3ccccc3n2)c1)c1ccc(N2CCNS2(=O)=O)cc1. The third-order valence-electron chi connectivity index (χ3n) is 5.26. The molecule has 3 aromatic carbocycles. The number of fused-ring (bicyclic) bond motifs is 1. The lowest BCUT2D eigenvalue weighted by Gasteiger charge is -2.16. The lowest BCUT2D eigenvalue weighted by atomic mass is 10.1. The van der Waals surface area contributed by atoms with E-state index >= 15 is 0 Å². The van der Waals surface area contributed by atoms with Crippen LogP contribution in [-0.2, 0) is 10.2 Å². The summed E-state index contributed by atoms with van der Waals surface area (Å²) in [5, 5.41) is 3.34. The highest BCUT2D eigenvalue weighted by molar-refractivity contribution is 7.91. The van der Waals surface area contributed by atoms with Gasteiger partial charge in [-0.25, -0.2) is 4.98 Å². The number of carbonyl (C=O) groups is 1. The van der Waals surface area contributed by atoms with Crippen LogP contribution >= 0.6 is 11.6 Å². The molecular weight excluding hydrogens is 462 g/mol. The van der Waals surface area contributed by atoms with Crippen molar-refractivity contribution in [3.05, 3.63) is 83.5 Å². The highest BCUT2D eigenvalue weighted by Gasteiger charge is 2.27. The number of benzene rings is 3. The van der Waals surface area contributed by atoms with Crippen molar-refractivity contribution in [3.8, 4) is 11.3 Å². The van der Waals surface area contributed by atoms with Gasteiger partial charge in [-0.3, -0.25) is 14.1 Å². The van der Waals surface area contributed by atoms with E-state index in [2.05, 4.69) is 20.0 Å². The van der Waals surface area contributed by atoms with E-state index in [1.165, 1.54) is 4.31 Å². The summed E-state index contributed by atoms with van der Waals surface area (Å²) in [5.74, 6) is -0.332. The summed E-state index contributed by atoms with van der Waals surface area (Å²) >= 11 is 6.40. The Balaban J connectivity index is 1.37. The number of aromatic nitrogens is 2. The number of nitrogens with zero attached hydrogens (tertiary/aromatic N) is 3. The Bertz CT molecular complexity index is 1480. The van der Waals surface area contributed by atoms with E-state index < -0.39 is 10.2 Å². The number of carbonyl (C=O) groups excluding carboxylic acids is 1. The van der Waals surface area contributed by atoms with Crippen LogP contribution in [0.25, 0.3) is 22.3 Å². The Morgan fingerprint density at radius 1 is 1.03 bits per heavy atom. The van der Waals surface area contributed by atoms with Crippen LogP contribution in [0.15, 0.2) is 72.9 Å². The molecule has 4 aromatic rings. The van der Waals surface area contributed by atoms with Crippen molar-refractivity contribution in [2.75, 3.05) is 22.7 Å².